The number of rotatable bonds is 4. The summed E-state index contributed by atoms with van der Waals surface area (Å²) in [7, 11) is 1.61. The molecule has 3 heterocycles. The molecule has 0 N–H and O–H groups in total. The number of hydrogen-bond donors (Lipinski definition) is 0. The lowest BCUT2D eigenvalue weighted by Gasteiger charge is -2.34. The number of carbonyl (C=O) groups is 1. The number of amides is 1. The molecule has 0 spiro atoms. The molecule has 2 aliphatic heterocycles. The van der Waals surface area contributed by atoms with Crippen LogP contribution in [0.2, 0.25) is 0 Å². The van der Waals surface area contributed by atoms with Gasteiger partial charge in [-0.2, -0.15) is 4.98 Å². The zero-order valence-electron chi connectivity index (χ0n) is 13.1. The molecule has 2 aliphatic rings. The second-order valence-electron chi connectivity index (χ2n) is 5.75. The predicted molar refractivity (Wildman–Crippen MR) is 83.1 cm³/mol. The molecule has 1 aromatic rings. The average molecular weight is 305 g/mol. The summed E-state index contributed by atoms with van der Waals surface area (Å²) < 4.78 is 5.14. The van der Waals surface area contributed by atoms with Crippen molar-refractivity contribution >= 4 is 11.9 Å². The largest absolute Gasteiger partial charge is 0.481 e. The number of anilines is 1. The third-order valence-electron chi connectivity index (χ3n) is 4.30. The fraction of sp³-hybridized carbons (Fsp3) is 0.667. The minimum absolute atomic E-state index is 0.267. The van der Waals surface area contributed by atoms with Gasteiger partial charge in [0.1, 0.15) is 0 Å². The molecule has 0 aromatic carbocycles. The normalized spacial score (nSPS) is 19.5. The minimum atomic E-state index is 0.267. The zero-order chi connectivity index (χ0) is 15.4. The number of methoxy groups -OCH3 is 1. The van der Waals surface area contributed by atoms with E-state index in [1.807, 2.05) is 4.90 Å². The van der Waals surface area contributed by atoms with Crippen molar-refractivity contribution in [3.05, 3.63) is 12.3 Å². The molecule has 0 saturated carbocycles. The molecule has 3 rings (SSSR count). The van der Waals surface area contributed by atoms with Crippen molar-refractivity contribution in [2.24, 2.45) is 0 Å². The molecule has 0 aliphatic carbocycles. The first-order chi connectivity index (χ1) is 10.8. The number of aromatic nitrogens is 2. The monoisotopic (exact) mass is 305 g/mol. The van der Waals surface area contributed by atoms with Crippen LogP contribution in [0.4, 0.5) is 5.95 Å². The summed E-state index contributed by atoms with van der Waals surface area (Å²) >= 11 is 0. The molecule has 2 saturated heterocycles. The Bertz CT molecular complexity index is 510. The number of carbonyl (C=O) groups excluding carboxylic acids is 1. The van der Waals surface area contributed by atoms with Crippen molar-refractivity contribution < 1.29 is 9.53 Å². The van der Waals surface area contributed by atoms with Gasteiger partial charge >= 0.3 is 0 Å². The van der Waals surface area contributed by atoms with Crippen LogP contribution in [0, 0.1) is 0 Å². The Morgan fingerprint density at radius 1 is 1.18 bits per heavy atom. The van der Waals surface area contributed by atoms with E-state index in [0.29, 0.717) is 18.4 Å². The molecule has 0 radical (unpaired) electrons. The van der Waals surface area contributed by atoms with Gasteiger partial charge < -0.3 is 14.5 Å². The van der Waals surface area contributed by atoms with Crippen molar-refractivity contribution in [3.63, 3.8) is 0 Å². The summed E-state index contributed by atoms with van der Waals surface area (Å²) in [6.45, 7) is 5.78. The van der Waals surface area contributed by atoms with Crippen molar-refractivity contribution in [3.8, 4) is 5.88 Å². The van der Waals surface area contributed by atoms with Crippen molar-refractivity contribution in [1.82, 2.24) is 19.8 Å². The lowest BCUT2D eigenvalue weighted by molar-refractivity contribution is -0.131. The second kappa shape index (κ2) is 6.91. The third-order valence-corrected chi connectivity index (χ3v) is 4.30. The zero-order valence-corrected chi connectivity index (χ0v) is 13.1. The molecule has 0 unspecified atom stereocenters. The van der Waals surface area contributed by atoms with E-state index in [0.717, 1.165) is 52.1 Å². The molecule has 2 fully saturated rings. The van der Waals surface area contributed by atoms with Gasteiger partial charge in [0, 0.05) is 51.5 Å². The summed E-state index contributed by atoms with van der Waals surface area (Å²) in [5, 5.41) is 0. The molecule has 7 nitrogen and oxygen atoms in total. The van der Waals surface area contributed by atoms with Gasteiger partial charge in [-0.3, -0.25) is 9.69 Å². The van der Waals surface area contributed by atoms with E-state index in [2.05, 4.69) is 19.8 Å². The van der Waals surface area contributed by atoms with Gasteiger partial charge in [-0.25, -0.2) is 4.98 Å². The topological polar surface area (TPSA) is 61.8 Å². The predicted octanol–water partition coefficient (Wildman–Crippen LogP) is 0.230. The highest BCUT2D eigenvalue weighted by Gasteiger charge is 2.24. The quantitative estimate of drug-likeness (QED) is 0.793. The Morgan fingerprint density at radius 3 is 2.59 bits per heavy atom. The third kappa shape index (κ3) is 3.47. The first-order valence-electron chi connectivity index (χ1n) is 7.88. The Labute approximate surface area is 130 Å². The molecular weight excluding hydrogens is 282 g/mol. The highest BCUT2D eigenvalue weighted by Crippen LogP contribution is 2.15. The summed E-state index contributed by atoms with van der Waals surface area (Å²) in [5.74, 6) is 1.55. The van der Waals surface area contributed by atoms with Gasteiger partial charge in [0.15, 0.2) is 0 Å². The number of hydrogen-bond acceptors (Lipinski definition) is 6. The van der Waals surface area contributed by atoms with Gasteiger partial charge in [-0.05, 0) is 12.8 Å². The molecular formula is C15H23N5O2. The van der Waals surface area contributed by atoms with Gasteiger partial charge in [0.25, 0.3) is 0 Å². The van der Waals surface area contributed by atoms with Crippen molar-refractivity contribution in [1.29, 1.82) is 0 Å². The van der Waals surface area contributed by atoms with Gasteiger partial charge in [-0.15, -0.1) is 0 Å². The standard InChI is InChI=1S/C15H23N5O2/c1-22-13-4-5-16-15(17-13)20-10-8-18(9-11-20)12-14(21)19-6-2-3-7-19/h4-5H,2-3,6-12H2,1H3. The number of ether oxygens (including phenoxy) is 1. The lowest BCUT2D eigenvalue weighted by atomic mass is 10.3. The SMILES string of the molecule is COc1ccnc(N2CCN(CC(=O)N3CCCC3)CC2)n1. The Kier molecular flexibility index (Phi) is 4.72. The maximum Gasteiger partial charge on any atom is 0.236 e. The van der Waals surface area contributed by atoms with E-state index in [9.17, 15) is 4.79 Å². The number of likely N-dealkylation sites (tertiary alicyclic amines) is 1. The van der Waals surface area contributed by atoms with Crippen LogP contribution in [0.5, 0.6) is 5.88 Å². The van der Waals surface area contributed by atoms with Gasteiger partial charge in [0.05, 0.1) is 13.7 Å². The van der Waals surface area contributed by atoms with Crippen LogP contribution in [0.25, 0.3) is 0 Å². The van der Waals surface area contributed by atoms with E-state index in [1.165, 1.54) is 0 Å². The first-order valence-corrected chi connectivity index (χ1v) is 7.88. The maximum atomic E-state index is 12.2. The maximum absolute atomic E-state index is 12.2. The average Bonchev–Trinajstić information content (AvgIpc) is 3.10. The Morgan fingerprint density at radius 2 is 1.91 bits per heavy atom. The molecule has 22 heavy (non-hydrogen) atoms. The van der Waals surface area contributed by atoms with Gasteiger partial charge in [-0.1, -0.05) is 0 Å². The van der Waals surface area contributed by atoms with E-state index in [-0.39, 0.29) is 5.91 Å². The van der Waals surface area contributed by atoms with E-state index < -0.39 is 0 Å². The molecule has 0 atom stereocenters. The molecule has 0 bridgehead atoms. The van der Waals surface area contributed by atoms with Crippen molar-refractivity contribution in [2.45, 2.75) is 12.8 Å². The Hall–Kier alpha value is -1.89. The molecule has 7 heteroatoms. The lowest BCUT2D eigenvalue weighted by Crippen LogP contribution is -2.50. The summed E-state index contributed by atoms with van der Waals surface area (Å²) in [5.41, 5.74) is 0. The highest BCUT2D eigenvalue weighted by molar-refractivity contribution is 5.78. The second-order valence-corrected chi connectivity index (χ2v) is 5.75. The van der Waals surface area contributed by atoms with Crippen LogP contribution in [-0.4, -0.2) is 78.6 Å². The smallest absolute Gasteiger partial charge is 0.236 e. The van der Waals surface area contributed by atoms with E-state index in [4.69, 9.17) is 4.74 Å². The van der Waals surface area contributed by atoms with Crippen LogP contribution < -0.4 is 9.64 Å². The van der Waals surface area contributed by atoms with Crippen molar-refractivity contribution in [2.75, 3.05) is 57.8 Å². The van der Waals surface area contributed by atoms with Crippen LogP contribution in [0.15, 0.2) is 12.3 Å². The highest BCUT2D eigenvalue weighted by atomic mass is 16.5. The van der Waals surface area contributed by atoms with Crippen LogP contribution >= 0.6 is 0 Å². The van der Waals surface area contributed by atoms with Crippen LogP contribution in [-0.2, 0) is 4.79 Å². The van der Waals surface area contributed by atoms with Gasteiger partial charge in [0.2, 0.25) is 17.7 Å². The summed E-state index contributed by atoms with van der Waals surface area (Å²) in [6.07, 6.45) is 4.00. The summed E-state index contributed by atoms with van der Waals surface area (Å²) in [6, 6.07) is 1.74. The minimum Gasteiger partial charge on any atom is -0.481 e. The fourth-order valence-corrected chi connectivity index (χ4v) is 2.96. The fourth-order valence-electron chi connectivity index (χ4n) is 2.96. The molecule has 120 valence electrons. The van der Waals surface area contributed by atoms with E-state index in [1.54, 1.807) is 19.4 Å². The first kappa shape index (κ1) is 15.0. The Balaban J connectivity index is 1.50. The number of nitrogens with zero attached hydrogens (tertiary/aromatic N) is 5. The molecule has 1 amide bonds. The van der Waals surface area contributed by atoms with Crippen LogP contribution in [0.3, 0.4) is 0 Å². The molecule has 1 aromatic heterocycles. The van der Waals surface area contributed by atoms with E-state index >= 15 is 0 Å². The summed E-state index contributed by atoms with van der Waals surface area (Å²) in [4.78, 5) is 27.2. The van der Waals surface area contributed by atoms with Crippen LogP contribution in [0.1, 0.15) is 12.8 Å². The number of piperazine rings is 1.